The Morgan fingerprint density at radius 2 is 2.07 bits per heavy atom. The molecule has 0 aliphatic rings. The Morgan fingerprint density at radius 1 is 1.29 bits per heavy atom. The fourth-order valence-electron chi connectivity index (χ4n) is 1.36. The molecule has 1 heterocycles. The first-order chi connectivity index (χ1) is 6.92. The van der Waals surface area contributed by atoms with E-state index in [1.54, 1.807) is 24.2 Å². The molecule has 14 heavy (non-hydrogen) atoms. The Hall–Kier alpha value is -1.68. The van der Waals surface area contributed by atoms with Gasteiger partial charge in [0, 0.05) is 18.9 Å². The molecule has 0 radical (unpaired) electrons. The Bertz CT molecular complexity index is 372. The molecular weight excluding hydrogens is 178 g/mol. The van der Waals surface area contributed by atoms with Gasteiger partial charge in [-0.25, -0.2) is 4.68 Å². The van der Waals surface area contributed by atoms with Gasteiger partial charge in [-0.05, 0) is 0 Å². The second-order valence-electron chi connectivity index (χ2n) is 2.88. The highest BCUT2D eigenvalue weighted by Gasteiger charge is 2.11. The first-order valence-corrected chi connectivity index (χ1v) is 4.35. The van der Waals surface area contributed by atoms with Crippen molar-refractivity contribution in [3.05, 3.63) is 48.3 Å². The van der Waals surface area contributed by atoms with Crippen molar-refractivity contribution in [2.45, 2.75) is 6.23 Å². The van der Waals surface area contributed by atoms with Gasteiger partial charge in [-0.15, -0.1) is 5.10 Å². The van der Waals surface area contributed by atoms with Gasteiger partial charge in [-0.1, -0.05) is 35.5 Å². The first kappa shape index (κ1) is 8.90. The lowest BCUT2D eigenvalue weighted by atomic mass is 10.2. The van der Waals surface area contributed by atoms with E-state index in [1.165, 1.54) is 0 Å². The fourth-order valence-corrected chi connectivity index (χ4v) is 1.36. The molecule has 1 aromatic carbocycles. The molecule has 4 heteroatoms. The number of aromatic nitrogens is 3. The predicted octanol–water partition coefficient (Wildman–Crippen LogP) is 1.47. The SMILES string of the molecule is COC(c1ccccc1)n1ccnn1. The van der Waals surface area contributed by atoms with E-state index in [-0.39, 0.29) is 6.23 Å². The zero-order valence-corrected chi connectivity index (χ0v) is 7.87. The van der Waals surface area contributed by atoms with Crippen LogP contribution in [0.1, 0.15) is 11.8 Å². The monoisotopic (exact) mass is 189 g/mol. The summed E-state index contributed by atoms with van der Waals surface area (Å²) >= 11 is 0. The summed E-state index contributed by atoms with van der Waals surface area (Å²) in [6.07, 6.45) is 3.22. The molecule has 0 saturated heterocycles. The molecule has 2 rings (SSSR count). The summed E-state index contributed by atoms with van der Waals surface area (Å²) in [5, 5.41) is 7.65. The molecule has 4 nitrogen and oxygen atoms in total. The lowest BCUT2D eigenvalue weighted by Gasteiger charge is -2.14. The quantitative estimate of drug-likeness (QED) is 0.734. The molecule has 2 aromatic rings. The van der Waals surface area contributed by atoms with Crippen LogP contribution in [0.4, 0.5) is 0 Å². The first-order valence-electron chi connectivity index (χ1n) is 4.35. The van der Waals surface area contributed by atoms with E-state index in [4.69, 9.17) is 4.74 Å². The van der Waals surface area contributed by atoms with Crippen LogP contribution in [0.2, 0.25) is 0 Å². The van der Waals surface area contributed by atoms with Gasteiger partial charge in [0.15, 0.2) is 6.23 Å². The lowest BCUT2D eigenvalue weighted by molar-refractivity contribution is 0.0665. The highest BCUT2D eigenvalue weighted by molar-refractivity contribution is 5.17. The van der Waals surface area contributed by atoms with E-state index in [2.05, 4.69) is 10.3 Å². The van der Waals surface area contributed by atoms with E-state index in [0.29, 0.717) is 0 Å². The van der Waals surface area contributed by atoms with Crippen LogP contribution in [-0.2, 0) is 4.74 Å². The number of nitrogens with zero attached hydrogens (tertiary/aromatic N) is 3. The molecule has 72 valence electrons. The third-order valence-corrected chi connectivity index (χ3v) is 1.99. The molecular formula is C10H11N3O. The average molecular weight is 189 g/mol. The van der Waals surface area contributed by atoms with Gasteiger partial charge in [-0.2, -0.15) is 0 Å². The molecule has 1 atom stereocenters. The van der Waals surface area contributed by atoms with Crippen LogP contribution < -0.4 is 0 Å². The molecule has 0 aliphatic heterocycles. The number of methoxy groups -OCH3 is 1. The summed E-state index contributed by atoms with van der Waals surface area (Å²) in [6.45, 7) is 0. The third kappa shape index (κ3) is 1.65. The number of rotatable bonds is 3. The van der Waals surface area contributed by atoms with Crippen LogP contribution in [-0.4, -0.2) is 22.1 Å². The standard InChI is InChI=1S/C10H11N3O/c1-14-10(13-8-7-11-12-13)9-5-3-2-4-6-9/h2-8,10H,1H3. The molecule has 0 bridgehead atoms. The van der Waals surface area contributed by atoms with Crippen LogP contribution >= 0.6 is 0 Å². The third-order valence-electron chi connectivity index (χ3n) is 1.99. The number of ether oxygens (including phenoxy) is 1. The van der Waals surface area contributed by atoms with E-state index in [0.717, 1.165) is 5.56 Å². The zero-order chi connectivity index (χ0) is 9.80. The maximum Gasteiger partial charge on any atom is 0.177 e. The molecule has 0 N–H and O–H groups in total. The summed E-state index contributed by atoms with van der Waals surface area (Å²) in [7, 11) is 1.65. The zero-order valence-electron chi connectivity index (χ0n) is 7.87. The largest absolute Gasteiger partial charge is 0.355 e. The van der Waals surface area contributed by atoms with E-state index < -0.39 is 0 Å². The van der Waals surface area contributed by atoms with Crippen LogP contribution in [0.25, 0.3) is 0 Å². The van der Waals surface area contributed by atoms with Gasteiger partial charge in [0.25, 0.3) is 0 Å². The van der Waals surface area contributed by atoms with Crippen molar-refractivity contribution in [2.24, 2.45) is 0 Å². The fraction of sp³-hybridized carbons (Fsp3) is 0.200. The van der Waals surface area contributed by atoms with Crippen LogP contribution in [0.15, 0.2) is 42.7 Å². The smallest absolute Gasteiger partial charge is 0.177 e. The minimum absolute atomic E-state index is 0.196. The molecule has 0 aliphatic carbocycles. The Balaban J connectivity index is 2.31. The maximum absolute atomic E-state index is 5.34. The van der Waals surface area contributed by atoms with Gasteiger partial charge < -0.3 is 4.74 Å². The second-order valence-corrected chi connectivity index (χ2v) is 2.88. The van der Waals surface area contributed by atoms with Crippen LogP contribution in [0.5, 0.6) is 0 Å². The minimum Gasteiger partial charge on any atom is -0.355 e. The highest BCUT2D eigenvalue weighted by atomic mass is 16.5. The van der Waals surface area contributed by atoms with Gasteiger partial charge in [-0.3, -0.25) is 0 Å². The number of hydrogen-bond donors (Lipinski definition) is 0. The predicted molar refractivity (Wildman–Crippen MR) is 51.6 cm³/mol. The van der Waals surface area contributed by atoms with Crippen molar-refractivity contribution >= 4 is 0 Å². The van der Waals surface area contributed by atoms with Crippen molar-refractivity contribution < 1.29 is 4.74 Å². The molecule has 0 fully saturated rings. The van der Waals surface area contributed by atoms with E-state index >= 15 is 0 Å². The Morgan fingerprint density at radius 3 is 2.64 bits per heavy atom. The number of hydrogen-bond acceptors (Lipinski definition) is 3. The van der Waals surface area contributed by atoms with E-state index in [1.807, 2.05) is 30.3 Å². The molecule has 0 saturated carbocycles. The summed E-state index contributed by atoms with van der Waals surface area (Å²) in [5.74, 6) is 0. The van der Waals surface area contributed by atoms with Crippen molar-refractivity contribution in [3.8, 4) is 0 Å². The lowest BCUT2D eigenvalue weighted by Crippen LogP contribution is -2.13. The molecule has 1 unspecified atom stereocenters. The molecule has 1 aromatic heterocycles. The van der Waals surface area contributed by atoms with Gasteiger partial charge in [0.2, 0.25) is 0 Å². The van der Waals surface area contributed by atoms with Crippen LogP contribution in [0.3, 0.4) is 0 Å². The van der Waals surface area contributed by atoms with E-state index in [9.17, 15) is 0 Å². The molecule has 0 spiro atoms. The Labute approximate surface area is 82.1 Å². The Kier molecular flexibility index (Phi) is 2.55. The summed E-state index contributed by atoms with van der Waals surface area (Å²) in [4.78, 5) is 0. The summed E-state index contributed by atoms with van der Waals surface area (Å²) in [6, 6.07) is 9.90. The average Bonchev–Trinajstić information content (AvgIpc) is 2.74. The second kappa shape index (κ2) is 4.02. The van der Waals surface area contributed by atoms with Crippen molar-refractivity contribution in [3.63, 3.8) is 0 Å². The molecule has 0 amide bonds. The maximum atomic E-state index is 5.34. The normalized spacial score (nSPS) is 12.6. The van der Waals surface area contributed by atoms with Gasteiger partial charge in [0.05, 0.1) is 6.20 Å². The van der Waals surface area contributed by atoms with Gasteiger partial charge >= 0.3 is 0 Å². The number of benzene rings is 1. The highest BCUT2D eigenvalue weighted by Crippen LogP contribution is 2.16. The topological polar surface area (TPSA) is 39.9 Å². The van der Waals surface area contributed by atoms with Gasteiger partial charge in [0.1, 0.15) is 0 Å². The van der Waals surface area contributed by atoms with Crippen molar-refractivity contribution in [2.75, 3.05) is 7.11 Å². The summed E-state index contributed by atoms with van der Waals surface area (Å²) < 4.78 is 7.02. The summed E-state index contributed by atoms with van der Waals surface area (Å²) in [5.41, 5.74) is 1.06. The van der Waals surface area contributed by atoms with Crippen molar-refractivity contribution in [1.82, 2.24) is 15.0 Å². The van der Waals surface area contributed by atoms with Crippen molar-refractivity contribution in [1.29, 1.82) is 0 Å². The minimum atomic E-state index is -0.196. The van der Waals surface area contributed by atoms with Crippen LogP contribution in [0, 0.1) is 0 Å².